The lowest BCUT2D eigenvalue weighted by atomic mass is 9.94. The van der Waals surface area contributed by atoms with Gasteiger partial charge in [-0.15, -0.1) is 15.3 Å². The van der Waals surface area contributed by atoms with Crippen LogP contribution in [0.5, 0.6) is 0 Å². The van der Waals surface area contributed by atoms with Crippen LogP contribution < -0.4 is 10.2 Å². The number of hydrogen-bond acceptors (Lipinski definition) is 6. The van der Waals surface area contributed by atoms with Crippen molar-refractivity contribution in [3.63, 3.8) is 0 Å². The fourth-order valence-corrected chi connectivity index (χ4v) is 4.92. The van der Waals surface area contributed by atoms with E-state index in [4.69, 9.17) is 0 Å². The maximum absolute atomic E-state index is 13.0. The Morgan fingerprint density at radius 3 is 2.54 bits per heavy atom. The Kier molecular flexibility index (Phi) is 6.59. The molecule has 2 fully saturated rings. The first-order chi connectivity index (χ1) is 16.8. The van der Waals surface area contributed by atoms with E-state index in [-0.39, 0.29) is 17.9 Å². The summed E-state index contributed by atoms with van der Waals surface area (Å²) >= 11 is 0. The number of nitrogens with zero attached hydrogens (tertiary/aromatic N) is 6. The molecule has 3 aromatic rings. The van der Waals surface area contributed by atoms with Crippen LogP contribution in [0.4, 0.5) is 19.0 Å². The van der Waals surface area contributed by atoms with E-state index >= 15 is 0 Å². The summed E-state index contributed by atoms with van der Waals surface area (Å²) in [4.78, 5) is 17.2. The number of rotatable bonds is 5. The van der Waals surface area contributed by atoms with Gasteiger partial charge in [0, 0.05) is 44.7 Å². The lowest BCUT2D eigenvalue weighted by Crippen LogP contribution is -2.48. The molecule has 5 rings (SSSR count). The zero-order valence-electron chi connectivity index (χ0n) is 19.3. The van der Waals surface area contributed by atoms with E-state index < -0.39 is 11.7 Å². The molecule has 0 unspecified atom stereocenters. The minimum Gasteiger partial charge on any atom is -0.355 e. The Balaban J connectivity index is 1.07. The monoisotopic (exact) mass is 487 g/mol. The Morgan fingerprint density at radius 1 is 1.03 bits per heavy atom. The second-order valence-corrected chi connectivity index (χ2v) is 9.34. The van der Waals surface area contributed by atoms with Gasteiger partial charge in [-0.05, 0) is 49.4 Å². The maximum atomic E-state index is 13.0. The molecule has 0 bridgehead atoms. The number of halogens is 3. The van der Waals surface area contributed by atoms with E-state index in [2.05, 4.69) is 30.4 Å². The molecule has 1 N–H and O–H groups in total. The molecule has 2 saturated heterocycles. The SMILES string of the molecule is O=C(NC1CCN(Cc2cccc(C(F)(F)F)c2)CC1)C1CCN(c2ccc3nncn3n2)CC1. The van der Waals surface area contributed by atoms with Gasteiger partial charge in [-0.1, -0.05) is 18.2 Å². The van der Waals surface area contributed by atoms with Crippen LogP contribution in [0, 0.1) is 5.92 Å². The van der Waals surface area contributed by atoms with Crippen LogP contribution in [0.1, 0.15) is 36.8 Å². The Hall–Kier alpha value is -3.21. The van der Waals surface area contributed by atoms with Gasteiger partial charge in [0.2, 0.25) is 5.91 Å². The first-order valence-corrected chi connectivity index (χ1v) is 12.0. The Morgan fingerprint density at radius 2 is 1.80 bits per heavy atom. The summed E-state index contributed by atoms with van der Waals surface area (Å²) < 4.78 is 40.5. The summed E-state index contributed by atoms with van der Waals surface area (Å²) in [5.74, 6) is 0.931. The van der Waals surface area contributed by atoms with Gasteiger partial charge < -0.3 is 10.2 Å². The van der Waals surface area contributed by atoms with Crippen molar-refractivity contribution in [2.75, 3.05) is 31.1 Å². The third kappa shape index (κ3) is 5.55. The molecule has 11 heteroatoms. The van der Waals surface area contributed by atoms with Crippen molar-refractivity contribution < 1.29 is 18.0 Å². The third-order valence-electron chi connectivity index (χ3n) is 6.93. The van der Waals surface area contributed by atoms with Crippen molar-refractivity contribution in [2.45, 2.75) is 44.4 Å². The smallest absolute Gasteiger partial charge is 0.355 e. The topological polar surface area (TPSA) is 78.7 Å². The molecule has 2 aromatic heterocycles. The fraction of sp³-hybridized carbons (Fsp3) is 0.500. The number of carbonyl (C=O) groups is 1. The van der Waals surface area contributed by atoms with Crippen molar-refractivity contribution in [3.8, 4) is 0 Å². The van der Waals surface area contributed by atoms with Crippen LogP contribution in [-0.4, -0.2) is 62.8 Å². The maximum Gasteiger partial charge on any atom is 0.416 e. The van der Waals surface area contributed by atoms with Crippen molar-refractivity contribution in [1.29, 1.82) is 0 Å². The highest BCUT2D eigenvalue weighted by Gasteiger charge is 2.31. The molecule has 0 saturated carbocycles. The minimum atomic E-state index is -4.33. The predicted octanol–water partition coefficient (Wildman–Crippen LogP) is 3.14. The van der Waals surface area contributed by atoms with E-state index in [9.17, 15) is 18.0 Å². The number of nitrogens with one attached hydrogen (secondary N) is 1. The fourth-order valence-electron chi connectivity index (χ4n) is 4.92. The first kappa shape index (κ1) is 23.5. The molecule has 0 radical (unpaired) electrons. The van der Waals surface area contributed by atoms with Crippen molar-refractivity contribution in [1.82, 2.24) is 30.0 Å². The van der Waals surface area contributed by atoms with Gasteiger partial charge in [0.05, 0.1) is 5.56 Å². The zero-order valence-corrected chi connectivity index (χ0v) is 19.3. The van der Waals surface area contributed by atoms with Crippen molar-refractivity contribution in [2.24, 2.45) is 5.92 Å². The summed E-state index contributed by atoms with van der Waals surface area (Å²) in [5, 5.41) is 15.6. The number of amides is 1. The quantitative estimate of drug-likeness (QED) is 0.596. The highest BCUT2D eigenvalue weighted by Crippen LogP contribution is 2.30. The molecule has 0 spiro atoms. The molecular formula is C24H28F3N7O. The Bertz CT molecular complexity index is 1170. The lowest BCUT2D eigenvalue weighted by molar-refractivity contribution is -0.137. The average molecular weight is 488 g/mol. The number of hydrogen-bond donors (Lipinski definition) is 1. The number of likely N-dealkylation sites (tertiary alicyclic amines) is 1. The van der Waals surface area contributed by atoms with Crippen LogP contribution in [0.15, 0.2) is 42.7 Å². The molecule has 4 heterocycles. The van der Waals surface area contributed by atoms with Crippen LogP contribution in [0.3, 0.4) is 0 Å². The molecule has 35 heavy (non-hydrogen) atoms. The molecule has 0 atom stereocenters. The average Bonchev–Trinajstić information content (AvgIpc) is 3.33. The second kappa shape index (κ2) is 9.80. The standard InChI is InChI=1S/C24H28F3N7O/c25-24(26,27)19-3-1-2-17(14-19)15-32-10-8-20(9-11-32)29-23(35)18-6-12-33(13-7-18)22-5-4-21-30-28-16-34(21)31-22/h1-5,14,16,18,20H,6-13,15H2,(H,29,35). The molecule has 2 aliphatic rings. The number of aromatic nitrogens is 4. The molecule has 1 amide bonds. The summed E-state index contributed by atoms with van der Waals surface area (Å²) in [6, 6.07) is 9.43. The van der Waals surface area contributed by atoms with Gasteiger partial charge in [-0.2, -0.15) is 17.7 Å². The summed E-state index contributed by atoms with van der Waals surface area (Å²) in [7, 11) is 0. The zero-order chi connectivity index (χ0) is 24.4. The summed E-state index contributed by atoms with van der Waals surface area (Å²) in [6.07, 6.45) is 0.373. The molecular weight excluding hydrogens is 459 g/mol. The van der Waals surface area contributed by atoms with E-state index in [1.165, 1.54) is 12.1 Å². The number of carbonyl (C=O) groups excluding carboxylic acids is 1. The molecule has 2 aliphatic heterocycles. The number of piperidine rings is 2. The summed E-state index contributed by atoms with van der Waals surface area (Å²) in [5.41, 5.74) is 0.745. The first-order valence-electron chi connectivity index (χ1n) is 12.0. The Labute approximate surface area is 201 Å². The molecule has 0 aliphatic carbocycles. The highest BCUT2D eigenvalue weighted by atomic mass is 19.4. The van der Waals surface area contributed by atoms with Crippen LogP contribution in [0.25, 0.3) is 5.65 Å². The van der Waals surface area contributed by atoms with E-state index in [1.807, 2.05) is 12.1 Å². The molecule has 1 aromatic carbocycles. The van der Waals surface area contributed by atoms with Gasteiger partial charge in [-0.25, -0.2) is 0 Å². The number of alkyl halides is 3. The lowest BCUT2D eigenvalue weighted by Gasteiger charge is -2.35. The van der Waals surface area contributed by atoms with E-state index in [0.717, 1.165) is 63.7 Å². The minimum absolute atomic E-state index is 0.0203. The van der Waals surface area contributed by atoms with Gasteiger partial charge in [0.25, 0.3) is 0 Å². The normalized spacial score (nSPS) is 18.8. The number of anilines is 1. The predicted molar refractivity (Wildman–Crippen MR) is 124 cm³/mol. The van der Waals surface area contributed by atoms with Crippen molar-refractivity contribution >= 4 is 17.4 Å². The highest BCUT2D eigenvalue weighted by molar-refractivity contribution is 5.79. The van der Waals surface area contributed by atoms with E-state index in [1.54, 1.807) is 16.9 Å². The van der Waals surface area contributed by atoms with E-state index in [0.29, 0.717) is 17.8 Å². The van der Waals surface area contributed by atoms with Gasteiger partial charge in [-0.3, -0.25) is 9.69 Å². The van der Waals surface area contributed by atoms with Crippen LogP contribution in [-0.2, 0) is 17.5 Å². The van der Waals surface area contributed by atoms with Gasteiger partial charge in [0.1, 0.15) is 12.1 Å². The van der Waals surface area contributed by atoms with Gasteiger partial charge >= 0.3 is 6.18 Å². The summed E-state index contributed by atoms with van der Waals surface area (Å²) in [6.45, 7) is 3.49. The third-order valence-corrected chi connectivity index (χ3v) is 6.93. The largest absolute Gasteiger partial charge is 0.416 e. The second-order valence-electron chi connectivity index (χ2n) is 9.34. The molecule has 186 valence electrons. The molecule has 8 nitrogen and oxygen atoms in total. The number of benzene rings is 1. The van der Waals surface area contributed by atoms with Crippen molar-refractivity contribution in [3.05, 3.63) is 53.9 Å². The van der Waals surface area contributed by atoms with Crippen LogP contribution in [0.2, 0.25) is 0 Å². The van der Waals surface area contributed by atoms with Gasteiger partial charge in [0.15, 0.2) is 5.65 Å². The number of fused-ring (bicyclic) bond motifs is 1. The van der Waals surface area contributed by atoms with Crippen LogP contribution >= 0.6 is 0 Å².